The van der Waals surface area contributed by atoms with Crippen LogP contribution < -0.4 is 5.32 Å². The number of anilines is 1. The molecule has 0 aliphatic rings. The number of carbonyl (C=O) groups excluding carboxylic acids is 1. The highest BCUT2D eigenvalue weighted by molar-refractivity contribution is 6.11. The number of amides is 1. The molecular weight excluding hydrogens is 334 g/mol. The zero-order valence-corrected chi connectivity index (χ0v) is 14.1. The number of nitro groups is 1. The van der Waals surface area contributed by atoms with Crippen LogP contribution in [0.15, 0.2) is 42.5 Å². The lowest BCUT2D eigenvalue weighted by Crippen LogP contribution is -2.15. The summed E-state index contributed by atoms with van der Waals surface area (Å²) < 4.78 is 0. The van der Waals surface area contributed by atoms with Crippen LogP contribution in [0.25, 0.3) is 10.9 Å². The SMILES string of the molecule is CC(C)(C#N)c1ccc(NC(=O)c2n[nH]c3ccc([N+](=O)[O-])cc23)cc1. The van der Waals surface area contributed by atoms with Gasteiger partial charge in [0.1, 0.15) is 0 Å². The van der Waals surface area contributed by atoms with Gasteiger partial charge in [0.25, 0.3) is 11.6 Å². The van der Waals surface area contributed by atoms with Crippen molar-refractivity contribution in [3.05, 3.63) is 63.8 Å². The first-order valence-corrected chi connectivity index (χ1v) is 7.77. The van der Waals surface area contributed by atoms with Crippen LogP contribution in [0.3, 0.4) is 0 Å². The molecule has 0 saturated carbocycles. The van der Waals surface area contributed by atoms with Crippen molar-refractivity contribution in [1.82, 2.24) is 10.2 Å². The van der Waals surface area contributed by atoms with Crippen molar-refractivity contribution in [2.75, 3.05) is 5.32 Å². The summed E-state index contributed by atoms with van der Waals surface area (Å²) >= 11 is 0. The van der Waals surface area contributed by atoms with Gasteiger partial charge in [0.05, 0.1) is 21.9 Å². The van der Waals surface area contributed by atoms with Crippen LogP contribution in [0.2, 0.25) is 0 Å². The van der Waals surface area contributed by atoms with Crippen molar-refractivity contribution in [3.63, 3.8) is 0 Å². The largest absolute Gasteiger partial charge is 0.321 e. The number of non-ortho nitro benzene ring substituents is 1. The molecule has 8 nitrogen and oxygen atoms in total. The molecule has 0 fully saturated rings. The normalized spacial score (nSPS) is 11.1. The standard InChI is InChI=1S/C18H15N5O3/c1-18(2,10-19)11-3-5-12(6-4-11)20-17(24)16-14-9-13(23(25)26)7-8-15(14)21-22-16/h3-9H,1-2H3,(H,20,24)(H,21,22). The van der Waals surface area contributed by atoms with Crippen molar-refractivity contribution in [3.8, 4) is 6.07 Å². The number of hydrogen-bond acceptors (Lipinski definition) is 5. The second-order valence-electron chi connectivity index (χ2n) is 6.33. The number of fused-ring (bicyclic) bond motifs is 1. The lowest BCUT2D eigenvalue weighted by molar-refractivity contribution is -0.384. The van der Waals surface area contributed by atoms with Crippen LogP contribution in [0, 0.1) is 21.4 Å². The summed E-state index contributed by atoms with van der Waals surface area (Å²) in [6, 6.07) is 13.3. The minimum Gasteiger partial charge on any atom is -0.321 e. The molecular formula is C18H15N5O3. The molecule has 3 aromatic rings. The maximum absolute atomic E-state index is 12.5. The number of nitro benzene ring substituents is 1. The Labute approximate surface area is 148 Å². The summed E-state index contributed by atoms with van der Waals surface area (Å²) in [6.45, 7) is 3.62. The molecule has 3 rings (SSSR count). The molecule has 0 bridgehead atoms. The molecule has 130 valence electrons. The van der Waals surface area contributed by atoms with Gasteiger partial charge in [0, 0.05) is 23.2 Å². The summed E-state index contributed by atoms with van der Waals surface area (Å²) in [5.41, 5.74) is 1.24. The Kier molecular flexibility index (Phi) is 4.14. The predicted octanol–water partition coefficient (Wildman–Crippen LogP) is 3.52. The van der Waals surface area contributed by atoms with Crippen LogP contribution in [0.4, 0.5) is 11.4 Å². The molecule has 1 aromatic heterocycles. The maximum atomic E-state index is 12.5. The zero-order chi connectivity index (χ0) is 18.9. The number of H-pyrrole nitrogens is 1. The van der Waals surface area contributed by atoms with E-state index >= 15 is 0 Å². The molecule has 0 atom stereocenters. The van der Waals surface area contributed by atoms with E-state index in [2.05, 4.69) is 21.6 Å². The Bertz CT molecular complexity index is 1040. The summed E-state index contributed by atoms with van der Waals surface area (Å²) in [7, 11) is 0. The van der Waals surface area contributed by atoms with Gasteiger partial charge >= 0.3 is 0 Å². The summed E-state index contributed by atoms with van der Waals surface area (Å²) in [6.07, 6.45) is 0. The third kappa shape index (κ3) is 3.10. The van der Waals surface area contributed by atoms with Crippen LogP contribution in [-0.2, 0) is 5.41 Å². The van der Waals surface area contributed by atoms with E-state index in [0.29, 0.717) is 16.6 Å². The molecule has 1 amide bonds. The molecule has 2 aromatic carbocycles. The number of hydrogen-bond donors (Lipinski definition) is 2. The van der Waals surface area contributed by atoms with Crippen molar-refractivity contribution in [2.45, 2.75) is 19.3 Å². The molecule has 0 aliphatic carbocycles. The van der Waals surface area contributed by atoms with E-state index in [-0.39, 0.29) is 11.4 Å². The van der Waals surface area contributed by atoms with E-state index in [1.165, 1.54) is 18.2 Å². The first-order valence-electron chi connectivity index (χ1n) is 7.77. The minimum atomic E-state index is -0.625. The van der Waals surface area contributed by atoms with Gasteiger partial charge in [0.15, 0.2) is 5.69 Å². The van der Waals surface area contributed by atoms with Gasteiger partial charge in [0.2, 0.25) is 0 Å². The molecule has 0 aliphatic heterocycles. The fourth-order valence-corrected chi connectivity index (χ4v) is 2.51. The van der Waals surface area contributed by atoms with Gasteiger partial charge in [-0.3, -0.25) is 20.0 Å². The first kappa shape index (κ1) is 17.1. The Morgan fingerprint density at radius 3 is 2.58 bits per heavy atom. The molecule has 0 spiro atoms. The second kappa shape index (κ2) is 6.29. The number of aromatic nitrogens is 2. The van der Waals surface area contributed by atoms with E-state index in [0.717, 1.165) is 5.56 Å². The maximum Gasteiger partial charge on any atom is 0.276 e. The van der Waals surface area contributed by atoms with Gasteiger partial charge in [-0.15, -0.1) is 0 Å². The second-order valence-corrected chi connectivity index (χ2v) is 6.33. The number of rotatable bonds is 4. The van der Waals surface area contributed by atoms with E-state index in [9.17, 15) is 14.9 Å². The number of benzene rings is 2. The highest BCUT2D eigenvalue weighted by Crippen LogP contribution is 2.25. The van der Waals surface area contributed by atoms with Gasteiger partial charge < -0.3 is 5.32 Å². The van der Waals surface area contributed by atoms with Gasteiger partial charge in [-0.1, -0.05) is 12.1 Å². The Morgan fingerprint density at radius 1 is 1.27 bits per heavy atom. The van der Waals surface area contributed by atoms with Gasteiger partial charge in [-0.05, 0) is 37.6 Å². The topological polar surface area (TPSA) is 125 Å². The van der Waals surface area contributed by atoms with Crippen LogP contribution in [0.5, 0.6) is 0 Å². The third-order valence-corrected chi connectivity index (χ3v) is 4.12. The Hall–Kier alpha value is -3.73. The number of nitrogens with zero attached hydrogens (tertiary/aromatic N) is 3. The molecule has 0 radical (unpaired) electrons. The van der Waals surface area contributed by atoms with Crippen molar-refractivity contribution >= 4 is 28.2 Å². The molecule has 1 heterocycles. The zero-order valence-electron chi connectivity index (χ0n) is 14.1. The van der Waals surface area contributed by atoms with Crippen LogP contribution in [0.1, 0.15) is 29.9 Å². The highest BCUT2D eigenvalue weighted by atomic mass is 16.6. The molecule has 2 N–H and O–H groups in total. The van der Waals surface area contributed by atoms with Crippen molar-refractivity contribution in [1.29, 1.82) is 5.26 Å². The third-order valence-electron chi connectivity index (χ3n) is 4.12. The summed E-state index contributed by atoms with van der Waals surface area (Å²) in [5, 5.41) is 29.8. The smallest absolute Gasteiger partial charge is 0.276 e. The van der Waals surface area contributed by atoms with Crippen molar-refractivity contribution in [2.24, 2.45) is 0 Å². The van der Waals surface area contributed by atoms with Gasteiger partial charge in [-0.2, -0.15) is 10.4 Å². The summed E-state index contributed by atoms with van der Waals surface area (Å²) in [5.74, 6) is -0.482. The fraction of sp³-hybridized carbons (Fsp3) is 0.167. The number of nitriles is 1. The lowest BCUT2D eigenvalue weighted by Gasteiger charge is -2.16. The number of aromatic amines is 1. The monoisotopic (exact) mass is 349 g/mol. The van der Waals surface area contributed by atoms with E-state index in [1.807, 2.05) is 13.8 Å². The number of carbonyl (C=O) groups is 1. The lowest BCUT2D eigenvalue weighted by atomic mass is 9.86. The Balaban J connectivity index is 1.87. The molecule has 0 saturated heterocycles. The molecule has 0 unspecified atom stereocenters. The average Bonchev–Trinajstić information content (AvgIpc) is 3.05. The minimum absolute atomic E-state index is 0.0742. The van der Waals surface area contributed by atoms with E-state index < -0.39 is 16.2 Å². The highest BCUT2D eigenvalue weighted by Gasteiger charge is 2.20. The van der Waals surface area contributed by atoms with Gasteiger partial charge in [-0.25, -0.2) is 0 Å². The average molecular weight is 349 g/mol. The number of nitrogens with one attached hydrogen (secondary N) is 2. The van der Waals surface area contributed by atoms with Crippen LogP contribution in [-0.4, -0.2) is 21.0 Å². The predicted molar refractivity (Wildman–Crippen MR) is 95.8 cm³/mol. The van der Waals surface area contributed by atoms with Crippen LogP contribution >= 0.6 is 0 Å². The Morgan fingerprint density at radius 2 is 1.96 bits per heavy atom. The van der Waals surface area contributed by atoms with E-state index in [1.54, 1.807) is 24.3 Å². The summed E-state index contributed by atoms with van der Waals surface area (Å²) in [4.78, 5) is 22.9. The molecule has 26 heavy (non-hydrogen) atoms. The quantitative estimate of drug-likeness (QED) is 0.550. The van der Waals surface area contributed by atoms with E-state index in [4.69, 9.17) is 5.26 Å². The first-order chi connectivity index (χ1) is 12.3. The van der Waals surface area contributed by atoms with Crippen molar-refractivity contribution < 1.29 is 9.72 Å². The molecule has 8 heteroatoms. The fourth-order valence-electron chi connectivity index (χ4n) is 2.51.